The van der Waals surface area contributed by atoms with Gasteiger partial charge in [0, 0.05) is 11.8 Å². The first kappa shape index (κ1) is 24.4. The highest BCUT2D eigenvalue weighted by Gasteiger charge is 2.69. The molecular weight excluding hydrogens is 405 g/mol. The number of nitrogens with zero attached hydrogens (tertiary/aromatic N) is 1. The number of fused-ring (bicyclic) bond motifs is 5. The first-order valence-electron chi connectivity index (χ1n) is 13.2. The van der Waals surface area contributed by atoms with Crippen LogP contribution in [-0.4, -0.2) is 39.0 Å². The Bertz CT molecular complexity index is 728. The first-order valence-corrected chi connectivity index (χ1v) is 13.2. The Labute approximate surface area is 194 Å². The molecule has 0 aliphatic heterocycles. The second kappa shape index (κ2) is 8.52. The van der Waals surface area contributed by atoms with Crippen LogP contribution in [0.1, 0.15) is 98.8 Å². The molecule has 4 saturated carbocycles. The maximum absolute atomic E-state index is 16.5. The highest BCUT2D eigenvalue weighted by Crippen LogP contribution is 2.69. The van der Waals surface area contributed by atoms with Crippen LogP contribution < -0.4 is 0 Å². The third-order valence-corrected chi connectivity index (χ3v) is 10.9. The molecule has 10 atom stereocenters. The second-order valence-electron chi connectivity index (χ2n) is 12.9. The molecule has 4 fully saturated rings. The summed E-state index contributed by atoms with van der Waals surface area (Å²) in [4.78, 5) is 0. The molecule has 0 amide bonds. The molecule has 184 valence electrons. The Morgan fingerprint density at radius 1 is 1.00 bits per heavy atom. The van der Waals surface area contributed by atoms with E-state index in [9.17, 15) is 15.4 Å². The van der Waals surface area contributed by atoms with E-state index in [1.807, 2.05) is 6.92 Å². The van der Waals surface area contributed by atoms with Crippen LogP contribution in [0.2, 0.25) is 0 Å². The number of aliphatic hydroxyl groups excluding tert-OH is 2. The zero-order chi connectivity index (χ0) is 23.5. The quantitative estimate of drug-likeness (QED) is 0.356. The standard InChI is InChI=1S/C27H46FNO3/c1-16(2)7-6-8-17(3)19-9-10-20-18-13-24(29-32)27(28)15-23(31)22(30)14-26(27,5)21(18)11-12-25(19,20)4/h16-23,30-32H,6-15H2,1-5H3/b29-24+/t17-,18+,19-,20+,21+,22-,23+,25-,26-,27+/m1/s1. The Morgan fingerprint density at radius 3 is 2.34 bits per heavy atom. The smallest absolute Gasteiger partial charge is 0.160 e. The van der Waals surface area contributed by atoms with Crippen LogP contribution in [0.3, 0.4) is 0 Å². The van der Waals surface area contributed by atoms with Crippen LogP contribution in [0.15, 0.2) is 5.16 Å². The Morgan fingerprint density at radius 2 is 1.69 bits per heavy atom. The second-order valence-corrected chi connectivity index (χ2v) is 12.9. The van der Waals surface area contributed by atoms with Crippen LogP contribution in [-0.2, 0) is 0 Å². The van der Waals surface area contributed by atoms with Gasteiger partial charge in [-0.3, -0.25) is 0 Å². The molecule has 0 aromatic carbocycles. The molecule has 4 aliphatic carbocycles. The van der Waals surface area contributed by atoms with Crippen molar-refractivity contribution in [1.82, 2.24) is 0 Å². The lowest BCUT2D eigenvalue weighted by Gasteiger charge is -2.63. The molecule has 0 spiro atoms. The summed E-state index contributed by atoms with van der Waals surface area (Å²) in [5.74, 6) is 3.14. The van der Waals surface area contributed by atoms with Gasteiger partial charge >= 0.3 is 0 Å². The number of hydrogen-bond acceptors (Lipinski definition) is 4. The summed E-state index contributed by atoms with van der Waals surface area (Å²) in [5.41, 5.74) is -2.15. The molecule has 4 rings (SSSR count). The van der Waals surface area contributed by atoms with Crippen LogP contribution in [0, 0.1) is 46.3 Å². The molecule has 0 aromatic rings. The van der Waals surface area contributed by atoms with E-state index in [-0.39, 0.29) is 29.9 Å². The molecule has 3 N–H and O–H groups in total. The van der Waals surface area contributed by atoms with Gasteiger partial charge in [0.05, 0.1) is 17.9 Å². The average molecular weight is 452 g/mol. The van der Waals surface area contributed by atoms with Gasteiger partial charge in [-0.2, -0.15) is 0 Å². The van der Waals surface area contributed by atoms with Crippen LogP contribution in [0.25, 0.3) is 0 Å². The Kier molecular flexibility index (Phi) is 6.51. The fourth-order valence-corrected chi connectivity index (χ4v) is 9.18. The lowest BCUT2D eigenvalue weighted by molar-refractivity contribution is -0.172. The molecule has 0 unspecified atom stereocenters. The molecule has 0 heterocycles. The lowest BCUT2D eigenvalue weighted by atomic mass is 9.42. The maximum atomic E-state index is 16.5. The monoisotopic (exact) mass is 451 g/mol. The summed E-state index contributed by atoms with van der Waals surface area (Å²) in [5, 5.41) is 34.1. The fraction of sp³-hybridized carbons (Fsp3) is 0.963. The van der Waals surface area contributed by atoms with E-state index in [0.29, 0.717) is 30.1 Å². The number of alkyl halides is 1. The minimum absolute atomic E-state index is 0.160. The Hall–Kier alpha value is -0.680. The van der Waals surface area contributed by atoms with Crippen molar-refractivity contribution in [3.8, 4) is 0 Å². The van der Waals surface area contributed by atoms with Gasteiger partial charge in [-0.15, -0.1) is 0 Å². The number of rotatable bonds is 5. The van der Waals surface area contributed by atoms with Crippen LogP contribution in [0.5, 0.6) is 0 Å². The third-order valence-electron chi connectivity index (χ3n) is 10.9. The predicted octanol–water partition coefficient (Wildman–Crippen LogP) is 5.97. The van der Waals surface area contributed by atoms with Crippen molar-refractivity contribution in [2.75, 3.05) is 0 Å². The van der Waals surface area contributed by atoms with Gasteiger partial charge < -0.3 is 15.4 Å². The van der Waals surface area contributed by atoms with Gasteiger partial charge in [-0.25, -0.2) is 4.39 Å². The summed E-state index contributed by atoms with van der Waals surface area (Å²) in [6.07, 6.45) is 6.95. The van der Waals surface area contributed by atoms with E-state index < -0.39 is 23.3 Å². The van der Waals surface area contributed by atoms with Gasteiger partial charge in [-0.1, -0.05) is 59.0 Å². The van der Waals surface area contributed by atoms with E-state index in [2.05, 4.69) is 32.9 Å². The molecule has 4 nitrogen and oxygen atoms in total. The van der Waals surface area contributed by atoms with Crippen molar-refractivity contribution in [2.24, 2.45) is 51.5 Å². The molecule has 32 heavy (non-hydrogen) atoms. The van der Waals surface area contributed by atoms with Gasteiger partial charge in [0.15, 0.2) is 5.67 Å². The van der Waals surface area contributed by atoms with E-state index in [1.165, 1.54) is 32.1 Å². The summed E-state index contributed by atoms with van der Waals surface area (Å²) in [6.45, 7) is 11.5. The Balaban J connectivity index is 1.59. The molecule has 0 saturated heterocycles. The molecule has 0 bridgehead atoms. The summed E-state index contributed by atoms with van der Waals surface area (Å²) in [7, 11) is 0. The number of hydrogen-bond donors (Lipinski definition) is 3. The average Bonchev–Trinajstić information content (AvgIpc) is 3.07. The third kappa shape index (κ3) is 3.56. The number of halogens is 1. The predicted molar refractivity (Wildman–Crippen MR) is 125 cm³/mol. The lowest BCUT2D eigenvalue weighted by Crippen LogP contribution is -2.67. The summed E-state index contributed by atoms with van der Waals surface area (Å²) >= 11 is 0. The zero-order valence-electron chi connectivity index (χ0n) is 20.9. The number of aliphatic hydroxyl groups is 2. The van der Waals surface area contributed by atoms with E-state index >= 15 is 4.39 Å². The largest absolute Gasteiger partial charge is 0.411 e. The van der Waals surface area contributed by atoms with Crippen LogP contribution >= 0.6 is 0 Å². The minimum atomic E-state index is -1.84. The van der Waals surface area contributed by atoms with E-state index in [4.69, 9.17) is 0 Å². The van der Waals surface area contributed by atoms with Crippen molar-refractivity contribution in [1.29, 1.82) is 0 Å². The molecule has 0 radical (unpaired) electrons. The fourth-order valence-electron chi connectivity index (χ4n) is 9.18. The van der Waals surface area contributed by atoms with Crippen molar-refractivity contribution >= 4 is 5.71 Å². The van der Waals surface area contributed by atoms with Crippen molar-refractivity contribution < 1.29 is 19.8 Å². The minimum Gasteiger partial charge on any atom is -0.411 e. The molecule has 4 aliphatic rings. The van der Waals surface area contributed by atoms with Crippen LogP contribution in [0.4, 0.5) is 4.39 Å². The molecule has 0 aromatic heterocycles. The van der Waals surface area contributed by atoms with Gasteiger partial charge in [-0.05, 0) is 79.4 Å². The van der Waals surface area contributed by atoms with Gasteiger partial charge in [0.2, 0.25) is 0 Å². The van der Waals surface area contributed by atoms with E-state index in [1.54, 1.807) is 0 Å². The molecule has 5 heteroatoms. The normalized spacial score (nSPS) is 50.7. The SMILES string of the molecule is CC(C)CCC[C@@H](C)[C@H]1CC[C@H]2[C@@H]3C/C(=N\O)[C@@]4(F)C[C@H](O)[C@H](O)C[C@]4(C)[C@H]3CC[C@]12C. The van der Waals surface area contributed by atoms with Crippen molar-refractivity contribution in [2.45, 2.75) is 117 Å². The van der Waals surface area contributed by atoms with Crippen molar-refractivity contribution in [3.63, 3.8) is 0 Å². The number of oxime groups is 1. The summed E-state index contributed by atoms with van der Waals surface area (Å²) in [6, 6.07) is 0. The molecular formula is C27H46FNO3. The summed E-state index contributed by atoms with van der Waals surface area (Å²) < 4.78 is 16.5. The van der Waals surface area contributed by atoms with E-state index in [0.717, 1.165) is 18.8 Å². The highest BCUT2D eigenvalue weighted by atomic mass is 19.1. The topological polar surface area (TPSA) is 73.1 Å². The zero-order valence-corrected chi connectivity index (χ0v) is 20.9. The van der Waals surface area contributed by atoms with Gasteiger partial charge in [0.1, 0.15) is 0 Å². The van der Waals surface area contributed by atoms with Crippen molar-refractivity contribution in [3.05, 3.63) is 0 Å². The maximum Gasteiger partial charge on any atom is 0.160 e. The van der Waals surface area contributed by atoms with Gasteiger partial charge in [0.25, 0.3) is 0 Å². The highest BCUT2D eigenvalue weighted by molar-refractivity contribution is 5.94. The first-order chi connectivity index (χ1) is 15.0.